The molecule has 1 heterocycles. The molecule has 0 unspecified atom stereocenters. The van der Waals surface area contributed by atoms with Crippen LogP contribution >= 0.6 is 0 Å². The summed E-state index contributed by atoms with van der Waals surface area (Å²) in [5.41, 5.74) is 2.46. The van der Waals surface area contributed by atoms with E-state index in [9.17, 15) is 19.2 Å². The largest absolute Gasteiger partial charge is 0.326 e. The maximum Gasteiger partial charge on any atom is 0.261 e. The Morgan fingerprint density at radius 2 is 1.15 bits per heavy atom. The second kappa shape index (κ2) is 12.7. The summed E-state index contributed by atoms with van der Waals surface area (Å²) in [6.45, 7) is 1.94. The van der Waals surface area contributed by atoms with Crippen LogP contribution in [0, 0.1) is 0 Å². The van der Waals surface area contributed by atoms with E-state index in [1.165, 1.54) is 11.8 Å². The molecule has 3 rings (SSSR count). The van der Waals surface area contributed by atoms with Gasteiger partial charge < -0.3 is 10.6 Å². The van der Waals surface area contributed by atoms with Crippen molar-refractivity contribution in [3.63, 3.8) is 0 Å². The molecule has 0 fully saturated rings. The average Bonchev–Trinajstić information content (AvgIpc) is 3.06. The number of carbonyl (C=O) groups excluding carboxylic acids is 4. The second-order valence-electron chi connectivity index (χ2n) is 8.69. The molecule has 2 N–H and O–H groups in total. The van der Waals surface area contributed by atoms with Crippen molar-refractivity contribution in [3.05, 3.63) is 59.7 Å². The molecule has 7 nitrogen and oxygen atoms in total. The Balaban J connectivity index is 1.18. The standard InChI is InChI=1S/C27H33N3O4/c1-20(31)28-21-15-17-22(18-16-21)29-25(32)14-8-6-4-2-3-5-7-11-19-30-26(33)23-12-9-10-13-24(23)27(30)34/h9-10,12-13,15-18H,2-8,11,14,19H2,1H3,(H,28,31)(H,29,32). The fourth-order valence-electron chi connectivity index (χ4n) is 4.12. The van der Waals surface area contributed by atoms with Gasteiger partial charge in [-0.1, -0.05) is 50.7 Å². The SMILES string of the molecule is CC(=O)Nc1ccc(NC(=O)CCCCCCCCCCN2C(=O)c3ccccc3C2=O)cc1. The van der Waals surface area contributed by atoms with Crippen LogP contribution < -0.4 is 10.6 Å². The molecule has 0 atom stereocenters. The molecule has 0 radical (unpaired) electrons. The van der Waals surface area contributed by atoms with Crippen LogP contribution in [-0.4, -0.2) is 35.1 Å². The number of nitrogens with zero attached hydrogens (tertiary/aromatic N) is 1. The first-order chi connectivity index (χ1) is 16.5. The molecule has 4 amide bonds. The smallest absolute Gasteiger partial charge is 0.261 e. The molecule has 0 aliphatic carbocycles. The zero-order valence-corrected chi connectivity index (χ0v) is 19.8. The van der Waals surface area contributed by atoms with Crippen LogP contribution in [0.3, 0.4) is 0 Å². The minimum Gasteiger partial charge on any atom is -0.326 e. The van der Waals surface area contributed by atoms with Crippen molar-refractivity contribution in [3.8, 4) is 0 Å². The molecule has 34 heavy (non-hydrogen) atoms. The minimum absolute atomic E-state index is 0.000403. The fourth-order valence-corrected chi connectivity index (χ4v) is 4.12. The molecule has 7 heteroatoms. The Labute approximate surface area is 200 Å². The van der Waals surface area contributed by atoms with Gasteiger partial charge in [0.15, 0.2) is 0 Å². The van der Waals surface area contributed by atoms with Gasteiger partial charge in [-0.15, -0.1) is 0 Å². The summed E-state index contributed by atoms with van der Waals surface area (Å²) in [5.74, 6) is -0.475. The number of unbranched alkanes of at least 4 members (excludes halogenated alkanes) is 7. The molecule has 0 bridgehead atoms. The van der Waals surface area contributed by atoms with E-state index in [0.717, 1.165) is 57.1 Å². The lowest BCUT2D eigenvalue weighted by Crippen LogP contribution is -2.30. The van der Waals surface area contributed by atoms with E-state index in [-0.39, 0.29) is 23.6 Å². The molecular formula is C27H33N3O4. The number of benzene rings is 2. The predicted molar refractivity (Wildman–Crippen MR) is 133 cm³/mol. The van der Waals surface area contributed by atoms with E-state index in [1.807, 2.05) is 0 Å². The lowest BCUT2D eigenvalue weighted by molar-refractivity contribution is -0.116. The highest BCUT2D eigenvalue weighted by molar-refractivity contribution is 6.21. The third-order valence-corrected chi connectivity index (χ3v) is 5.90. The zero-order chi connectivity index (χ0) is 24.3. The van der Waals surface area contributed by atoms with E-state index in [1.54, 1.807) is 48.5 Å². The maximum absolute atomic E-state index is 12.3. The summed E-state index contributed by atoms with van der Waals surface area (Å²) < 4.78 is 0. The van der Waals surface area contributed by atoms with Gasteiger partial charge in [0.2, 0.25) is 11.8 Å². The molecule has 2 aromatic rings. The number of hydrogen-bond donors (Lipinski definition) is 2. The van der Waals surface area contributed by atoms with Gasteiger partial charge in [0.25, 0.3) is 11.8 Å². The van der Waals surface area contributed by atoms with E-state index in [4.69, 9.17) is 0 Å². The van der Waals surface area contributed by atoms with Gasteiger partial charge in [0.05, 0.1) is 11.1 Å². The summed E-state index contributed by atoms with van der Waals surface area (Å²) >= 11 is 0. The van der Waals surface area contributed by atoms with Crippen LogP contribution in [0.2, 0.25) is 0 Å². The van der Waals surface area contributed by atoms with Gasteiger partial charge in [-0.25, -0.2) is 0 Å². The van der Waals surface area contributed by atoms with Gasteiger partial charge in [-0.05, 0) is 49.2 Å². The van der Waals surface area contributed by atoms with E-state index in [0.29, 0.717) is 29.8 Å². The quantitative estimate of drug-likeness (QED) is 0.307. The van der Waals surface area contributed by atoms with Crippen molar-refractivity contribution >= 4 is 35.0 Å². The highest BCUT2D eigenvalue weighted by Crippen LogP contribution is 2.23. The number of amides is 4. The first-order valence-corrected chi connectivity index (χ1v) is 12.1. The molecule has 1 aliphatic heterocycles. The Morgan fingerprint density at radius 1 is 0.676 bits per heavy atom. The summed E-state index contributed by atoms with van der Waals surface area (Å²) in [5, 5.41) is 5.57. The Morgan fingerprint density at radius 3 is 1.68 bits per heavy atom. The maximum atomic E-state index is 12.3. The third kappa shape index (κ3) is 7.27. The second-order valence-corrected chi connectivity index (χ2v) is 8.69. The van der Waals surface area contributed by atoms with Gasteiger partial charge in [0, 0.05) is 31.3 Å². The number of imide groups is 1. The van der Waals surface area contributed by atoms with Gasteiger partial charge in [-0.2, -0.15) is 0 Å². The first-order valence-electron chi connectivity index (χ1n) is 12.1. The van der Waals surface area contributed by atoms with Gasteiger partial charge in [0.1, 0.15) is 0 Å². The highest BCUT2D eigenvalue weighted by Gasteiger charge is 2.34. The minimum atomic E-state index is -0.174. The van der Waals surface area contributed by atoms with E-state index >= 15 is 0 Å². The number of anilines is 2. The number of hydrogen-bond acceptors (Lipinski definition) is 4. The summed E-state index contributed by atoms with van der Waals surface area (Å²) in [7, 11) is 0. The number of rotatable bonds is 13. The lowest BCUT2D eigenvalue weighted by Gasteiger charge is -2.13. The predicted octanol–water partition coefficient (Wildman–Crippen LogP) is 5.39. The van der Waals surface area contributed by atoms with Crippen molar-refractivity contribution in [1.82, 2.24) is 4.90 Å². The van der Waals surface area contributed by atoms with Crippen LogP contribution in [0.25, 0.3) is 0 Å². The van der Waals surface area contributed by atoms with E-state index < -0.39 is 0 Å². The van der Waals surface area contributed by atoms with Crippen LogP contribution in [0.4, 0.5) is 11.4 Å². The Kier molecular flexibility index (Phi) is 9.38. The lowest BCUT2D eigenvalue weighted by atomic mass is 10.1. The van der Waals surface area contributed by atoms with Crippen LogP contribution in [-0.2, 0) is 9.59 Å². The Bertz CT molecular complexity index is 982. The van der Waals surface area contributed by atoms with Crippen LogP contribution in [0.5, 0.6) is 0 Å². The monoisotopic (exact) mass is 463 g/mol. The number of fused-ring (bicyclic) bond motifs is 1. The topological polar surface area (TPSA) is 95.6 Å². The van der Waals surface area contributed by atoms with Gasteiger partial charge >= 0.3 is 0 Å². The highest BCUT2D eigenvalue weighted by atomic mass is 16.2. The summed E-state index contributed by atoms with van der Waals surface area (Å²) in [4.78, 5) is 49.2. The number of carbonyl (C=O) groups is 4. The van der Waals surface area contributed by atoms with E-state index in [2.05, 4.69) is 10.6 Å². The van der Waals surface area contributed by atoms with Crippen LogP contribution in [0.15, 0.2) is 48.5 Å². The molecule has 0 spiro atoms. The Hall–Kier alpha value is -3.48. The average molecular weight is 464 g/mol. The van der Waals surface area contributed by atoms with Crippen LogP contribution in [0.1, 0.15) is 85.4 Å². The summed E-state index contributed by atoms with van der Waals surface area (Å²) in [6, 6.07) is 14.1. The van der Waals surface area contributed by atoms with Crippen molar-refractivity contribution in [2.75, 3.05) is 17.2 Å². The van der Waals surface area contributed by atoms with Gasteiger partial charge in [-0.3, -0.25) is 24.1 Å². The van der Waals surface area contributed by atoms with Crippen molar-refractivity contribution in [2.45, 2.75) is 64.7 Å². The van der Waals surface area contributed by atoms with Crippen molar-refractivity contribution in [2.24, 2.45) is 0 Å². The normalized spacial score (nSPS) is 12.6. The summed E-state index contributed by atoms with van der Waals surface area (Å²) in [6.07, 6.45) is 8.62. The van der Waals surface area contributed by atoms with Crippen molar-refractivity contribution < 1.29 is 19.2 Å². The fraction of sp³-hybridized carbons (Fsp3) is 0.407. The zero-order valence-electron chi connectivity index (χ0n) is 19.8. The molecule has 1 aliphatic rings. The third-order valence-electron chi connectivity index (χ3n) is 5.90. The molecule has 0 saturated carbocycles. The molecular weight excluding hydrogens is 430 g/mol. The first kappa shape index (κ1) is 25.1. The molecule has 2 aromatic carbocycles. The molecule has 180 valence electrons. The van der Waals surface area contributed by atoms with Crippen molar-refractivity contribution in [1.29, 1.82) is 0 Å². The molecule has 0 saturated heterocycles. The molecule has 0 aromatic heterocycles. The number of nitrogens with one attached hydrogen (secondary N) is 2.